The lowest BCUT2D eigenvalue weighted by Gasteiger charge is -2.11. The lowest BCUT2D eigenvalue weighted by atomic mass is 10.1. The van der Waals surface area contributed by atoms with Crippen molar-refractivity contribution >= 4 is 33.5 Å². The van der Waals surface area contributed by atoms with Gasteiger partial charge < -0.3 is 15.0 Å². The van der Waals surface area contributed by atoms with Gasteiger partial charge in [0.1, 0.15) is 5.69 Å². The van der Waals surface area contributed by atoms with Crippen LogP contribution in [0.3, 0.4) is 0 Å². The van der Waals surface area contributed by atoms with Gasteiger partial charge in [0, 0.05) is 16.7 Å². The molecular weight excluding hydrogens is 336 g/mol. The van der Waals surface area contributed by atoms with E-state index in [0.29, 0.717) is 21.9 Å². The fraction of sp³-hybridized carbons (Fsp3) is 0.200. The number of anilines is 1. The minimum absolute atomic E-state index is 0.0576. The highest BCUT2D eigenvalue weighted by Gasteiger charge is 2.27. The molecule has 0 bridgehead atoms. The maximum absolute atomic E-state index is 12.4. The molecule has 0 atom stereocenters. The van der Waals surface area contributed by atoms with E-state index in [1.165, 1.54) is 6.07 Å². The van der Waals surface area contributed by atoms with E-state index in [-0.39, 0.29) is 11.5 Å². The number of nitrogens with one attached hydrogen (secondary N) is 1. The summed E-state index contributed by atoms with van der Waals surface area (Å²) >= 11 is 3.23. The molecule has 1 aliphatic rings. The van der Waals surface area contributed by atoms with Crippen molar-refractivity contribution in [1.82, 2.24) is 4.57 Å². The first-order valence-electron chi connectivity index (χ1n) is 6.57. The van der Waals surface area contributed by atoms with Crippen LogP contribution in [-0.4, -0.2) is 21.6 Å². The largest absolute Gasteiger partial charge is 0.478 e. The molecule has 1 aromatic carbocycles. The second-order valence-electron chi connectivity index (χ2n) is 4.98. The van der Waals surface area contributed by atoms with Crippen LogP contribution >= 0.6 is 15.9 Å². The Kier molecular flexibility index (Phi) is 3.55. The first-order valence-corrected chi connectivity index (χ1v) is 7.36. The SMILES string of the molecule is O=C(O)c1cc(Br)ccc1NC(=O)c1cccn1C1CC1. The number of halogens is 1. The minimum atomic E-state index is -1.08. The third-order valence-corrected chi connectivity index (χ3v) is 3.91. The number of hydrogen-bond acceptors (Lipinski definition) is 2. The highest BCUT2D eigenvalue weighted by molar-refractivity contribution is 9.10. The van der Waals surface area contributed by atoms with Gasteiger partial charge in [0.05, 0.1) is 11.3 Å². The molecule has 1 saturated carbocycles. The van der Waals surface area contributed by atoms with Gasteiger partial charge in [0.25, 0.3) is 5.91 Å². The first-order chi connectivity index (χ1) is 10.1. The smallest absolute Gasteiger partial charge is 0.337 e. The molecule has 1 heterocycles. The summed E-state index contributed by atoms with van der Waals surface area (Å²) in [6.45, 7) is 0. The number of aromatic carboxylic acids is 1. The number of aromatic nitrogens is 1. The van der Waals surface area contributed by atoms with Gasteiger partial charge in [-0.15, -0.1) is 0 Å². The van der Waals surface area contributed by atoms with Crippen molar-refractivity contribution in [2.24, 2.45) is 0 Å². The van der Waals surface area contributed by atoms with Crippen molar-refractivity contribution in [1.29, 1.82) is 0 Å². The summed E-state index contributed by atoms with van der Waals surface area (Å²) in [6, 6.07) is 8.71. The highest BCUT2D eigenvalue weighted by Crippen LogP contribution is 2.36. The molecule has 2 aromatic rings. The number of carbonyl (C=O) groups is 2. The molecule has 0 aliphatic heterocycles. The molecule has 1 amide bonds. The number of carboxylic acid groups (broad SMARTS) is 1. The van der Waals surface area contributed by atoms with Crippen molar-refractivity contribution in [3.8, 4) is 0 Å². The van der Waals surface area contributed by atoms with Crippen LogP contribution in [0.15, 0.2) is 41.0 Å². The maximum atomic E-state index is 12.4. The van der Waals surface area contributed by atoms with Crippen molar-refractivity contribution < 1.29 is 14.7 Å². The van der Waals surface area contributed by atoms with E-state index in [1.54, 1.807) is 18.2 Å². The van der Waals surface area contributed by atoms with Gasteiger partial charge in [-0.2, -0.15) is 0 Å². The number of hydrogen-bond donors (Lipinski definition) is 2. The lowest BCUT2D eigenvalue weighted by Crippen LogP contribution is -2.18. The number of amides is 1. The Hall–Kier alpha value is -2.08. The molecule has 0 spiro atoms. The van der Waals surface area contributed by atoms with Crippen molar-refractivity contribution in [2.45, 2.75) is 18.9 Å². The Bertz CT molecular complexity index is 719. The van der Waals surface area contributed by atoms with Crippen LogP contribution in [0.4, 0.5) is 5.69 Å². The third-order valence-electron chi connectivity index (χ3n) is 3.41. The molecule has 21 heavy (non-hydrogen) atoms. The average Bonchev–Trinajstić information content (AvgIpc) is 3.17. The van der Waals surface area contributed by atoms with Gasteiger partial charge in [0.2, 0.25) is 0 Å². The van der Waals surface area contributed by atoms with E-state index in [0.717, 1.165) is 12.8 Å². The van der Waals surface area contributed by atoms with Gasteiger partial charge in [0.15, 0.2) is 0 Å². The van der Waals surface area contributed by atoms with Gasteiger partial charge in [-0.3, -0.25) is 4.79 Å². The number of carboxylic acids is 1. The lowest BCUT2D eigenvalue weighted by molar-refractivity contribution is 0.0698. The summed E-state index contributed by atoms with van der Waals surface area (Å²) in [5, 5.41) is 11.9. The summed E-state index contributed by atoms with van der Waals surface area (Å²) in [7, 11) is 0. The molecule has 0 saturated heterocycles. The molecule has 0 unspecified atom stereocenters. The van der Waals surface area contributed by atoms with Crippen LogP contribution in [0.5, 0.6) is 0 Å². The molecule has 0 radical (unpaired) electrons. The minimum Gasteiger partial charge on any atom is -0.478 e. The standard InChI is InChI=1S/C15H13BrN2O3/c16-9-3-6-12(11(8-9)15(20)21)17-14(19)13-2-1-7-18(13)10-4-5-10/h1-3,6-8,10H,4-5H2,(H,17,19)(H,20,21). The van der Waals surface area contributed by atoms with Gasteiger partial charge in [-0.1, -0.05) is 15.9 Å². The second kappa shape index (κ2) is 5.37. The Morgan fingerprint density at radius 1 is 1.29 bits per heavy atom. The van der Waals surface area contributed by atoms with Crippen LogP contribution in [-0.2, 0) is 0 Å². The zero-order chi connectivity index (χ0) is 15.0. The molecule has 3 rings (SSSR count). The zero-order valence-corrected chi connectivity index (χ0v) is 12.6. The van der Waals surface area contributed by atoms with Crippen molar-refractivity contribution in [3.63, 3.8) is 0 Å². The van der Waals surface area contributed by atoms with Crippen LogP contribution < -0.4 is 5.32 Å². The van der Waals surface area contributed by atoms with Gasteiger partial charge in [-0.05, 0) is 43.2 Å². The van der Waals surface area contributed by atoms with E-state index >= 15 is 0 Å². The quantitative estimate of drug-likeness (QED) is 0.887. The number of benzene rings is 1. The summed E-state index contributed by atoms with van der Waals surface area (Å²) in [5.41, 5.74) is 0.901. The monoisotopic (exact) mass is 348 g/mol. The summed E-state index contributed by atoms with van der Waals surface area (Å²) in [6.07, 6.45) is 4.04. The Morgan fingerprint density at radius 2 is 2.05 bits per heavy atom. The van der Waals surface area contributed by atoms with E-state index in [2.05, 4.69) is 21.2 Å². The average molecular weight is 349 g/mol. The van der Waals surface area contributed by atoms with Crippen LogP contribution in [0, 0.1) is 0 Å². The van der Waals surface area contributed by atoms with Gasteiger partial charge >= 0.3 is 5.97 Å². The third kappa shape index (κ3) is 2.85. The van der Waals surface area contributed by atoms with E-state index in [1.807, 2.05) is 16.8 Å². The Morgan fingerprint density at radius 3 is 2.71 bits per heavy atom. The zero-order valence-electron chi connectivity index (χ0n) is 11.0. The second-order valence-corrected chi connectivity index (χ2v) is 5.90. The molecule has 1 fully saturated rings. The van der Waals surface area contributed by atoms with Crippen LogP contribution in [0.25, 0.3) is 0 Å². The van der Waals surface area contributed by atoms with Crippen molar-refractivity contribution in [2.75, 3.05) is 5.32 Å². The topological polar surface area (TPSA) is 71.3 Å². The Labute approximate surface area is 129 Å². The predicted octanol–water partition coefficient (Wildman–Crippen LogP) is 3.54. The van der Waals surface area contributed by atoms with E-state index in [4.69, 9.17) is 0 Å². The fourth-order valence-electron chi connectivity index (χ4n) is 2.25. The first kappa shape index (κ1) is 13.9. The molecule has 5 nitrogen and oxygen atoms in total. The van der Waals surface area contributed by atoms with E-state index < -0.39 is 5.97 Å². The number of nitrogens with zero attached hydrogens (tertiary/aromatic N) is 1. The number of rotatable bonds is 4. The molecule has 1 aliphatic carbocycles. The number of carbonyl (C=O) groups excluding carboxylic acids is 1. The van der Waals surface area contributed by atoms with Crippen LogP contribution in [0.1, 0.15) is 39.7 Å². The van der Waals surface area contributed by atoms with Crippen molar-refractivity contribution in [3.05, 3.63) is 52.3 Å². The van der Waals surface area contributed by atoms with Gasteiger partial charge in [-0.25, -0.2) is 4.79 Å². The highest BCUT2D eigenvalue weighted by atomic mass is 79.9. The van der Waals surface area contributed by atoms with E-state index in [9.17, 15) is 14.7 Å². The normalized spacial score (nSPS) is 14.0. The molecule has 6 heteroatoms. The summed E-state index contributed by atoms with van der Waals surface area (Å²) < 4.78 is 2.59. The molecule has 2 N–H and O–H groups in total. The fourth-order valence-corrected chi connectivity index (χ4v) is 2.61. The van der Waals surface area contributed by atoms with Crippen LogP contribution in [0.2, 0.25) is 0 Å². The molecule has 108 valence electrons. The molecule has 1 aromatic heterocycles. The summed E-state index contributed by atoms with van der Waals surface area (Å²) in [4.78, 5) is 23.6. The summed E-state index contributed by atoms with van der Waals surface area (Å²) in [5.74, 6) is -1.37. The maximum Gasteiger partial charge on any atom is 0.337 e. The Balaban J connectivity index is 1.88. The molecular formula is C15H13BrN2O3. The predicted molar refractivity (Wildman–Crippen MR) is 81.8 cm³/mol.